The summed E-state index contributed by atoms with van der Waals surface area (Å²) >= 11 is 0. The lowest BCUT2D eigenvalue weighted by molar-refractivity contribution is -0.137. The van der Waals surface area contributed by atoms with E-state index in [0.717, 1.165) is 42.5 Å². The van der Waals surface area contributed by atoms with Crippen LogP contribution in [0.5, 0.6) is 5.75 Å². The third kappa shape index (κ3) is 9.90. The van der Waals surface area contributed by atoms with Crippen LogP contribution < -0.4 is 14.4 Å². The predicted octanol–water partition coefficient (Wildman–Crippen LogP) is 7.80. The molecule has 0 amide bonds. The Bertz CT molecular complexity index is 2270. The summed E-state index contributed by atoms with van der Waals surface area (Å²) < 4.78 is 80.5. The second-order valence-electron chi connectivity index (χ2n) is 12.7. The molecule has 0 aliphatic carbocycles. The number of fused-ring (bicyclic) bond motifs is 1. The lowest BCUT2D eigenvalue weighted by Crippen LogP contribution is -2.26. The molecule has 0 saturated carbocycles. The maximum atomic E-state index is 13.2. The van der Waals surface area contributed by atoms with Crippen LogP contribution in [-0.2, 0) is 42.2 Å². The molecule has 0 bridgehead atoms. The van der Waals surface area contributed by atoms with Gasteiger partial charge in [-0.2, -0.15) is 13.2 Å². The number of anilines is 1. The van der Waals surface area contributed by atoms with E-state index in [2.05, 4.69) is 20.0 Å². The maximum absolute atomic E-state index is 13.2. The summed E-state index contributed by atoms with van der Waals surface area (Å²) in [6.45, 7) is 1.10. The number of hydrogen-bond donors (Lipinski definition) is 1. The highest BCUT2D eigenvalue weighted by Gasteiger charge is 2.29. The number of oxazole rings is 1. The number of ether oxygens (including phenoxy) is 1. The second-order valence-corrected chi connectivity index (χ2v) is 14.4. The SMILES string of the molecule is CN(C)c1cccc2c(S(=O)(=O)NCCc3cn(CCCCc4ccc(OCc5coc(/C=C/c6ccc(C(F)(F)F)cc6)n5)cc4)nn3)cccc12. The predicted molar refractivity (Wildman–Crippen MR) is 198 cm³/mol. The van der Waals surface area contributed by atoms with E-state index in [1.807, 2.05) is 73.7 Å². The standard InChI is InChI=1S/C39H39F3N6O4S/c1-47(2)36-10-5-9-35-34(36)8-6-11-37(35)53(49,50)43-23-22-31-25-48(46-45-31)24-4-3-7-28-14-19-33(20-15-28)51-26-32-27-52-38(44-32)21-16-29-12-17-30(18-13-29)39(40,41)42/h5-6,8-21,25,27,43H,3-4,7,22-24,26H2,1-2H3/b21-16+. The Morgan fingerprint density at radius 2 is 1.64 bits per heavy atom. The van der Waals surface area contributed by atoms with Crippen molar-refractivity contribution in [1.29, 1.82) is 0 Å². The minimum atomic E-state index is -4.37. The number of nitrogens with one attached hydrogen (secondary N) is 1. The number of hydrogen-bond acceptors (Lipinski definition) is 8. The molecule has 0 atom stereocenters. The van der Waals surface area contributed by atoms with Gasteiger partial charge in [-0.25, -0.2) is 18.1 Å². The normalized spacial score (nSPS) is 12.2. The minimum Gasteiger partial charge on any atom is -0.487 e. The van der Waals surface area contributed by atoms with Crippen LogP contribution in [-0.4, -0.2) is 49.0 Å². The number of aryl methyl sites for hydroxylation is 2. The molecule has 4 aromatic carbocycles. The molecular formula is C39H39F3N6O4S. The number of alkyl halides is 3. The molecule has 0 aliphatic rings. The van der Waals surface area contributed by atoms with Gasteiger partial charge in [0.25, 0.3) is 0 Å². The van der Waals surface area contributed by atoms with E-state index in [-0.39, 0.29) is 18.0 Å². The molecule has 2 aromatic heterocycles. The van der Waals surface area contributed by atoms with Crippen molar-refractivity contribution in [2.45, 2.75) is 49.9 Å². The smallest absolute Gasteiger partial charge is 0.416 e. The van der Waals surface area contributed by atoms with Gasteiger partial charge < -0.3 is 14.1 Å². The van der Waals surface area contributed by atoms with Crippen molar-refractivity contribution >= 4 is 38.6 Å². The van der Waals surface area contributed by atoms with Crippen LogP contribution in [0, 0.1) is 0 Å². The molecule has 6 rings (SSSR count). The van der Waals surface area contributed by atoms with Crippen molar-refractivity contribution in [2.75, 3.05) is 25.5 Å². The number of aromatic nitrogens is 4. The highest BCUT2D eigenvalue weighted by molar-refractivity contribution is 7.89. The van der Waals surface area contributed by atoms with E-state index in [9.17, 15) is 21.6 Å². The quantitative estimate of drug-likeness (QED) is 0.1000. The summed E-state index contributed by atoms with van der Waals surface area (Å²) in [5, 5.41) is 9.98. The monoisotopic (exact) mass is 744 g/mol. The van der Waals surface area contributed by atoms with E-state index in [0.29, 0.717) is 46.9 Å². The zero-order chi connectivity index (χ0) is 37.4. The molecule has 0 spiro atoms. The molecule has 6 aromatic rings. The lowest BCUT2D eigenvalue weighted by Gasteiger charge is -2.17. The van der Waals surface area contributed by atoms with Crippen LogP contribution in [0.4, 0.5) is 18.9 Å². The van der Waals surface area contributed by atoms with Gasteiger partial charge in [0.15, 0.2) is 0 Å². The molecule has 0 aliphatic heterocycles. The maximum Gasteiger partial charge on any atom is 0.416 e. The Balaban J connectivity index is 0.896. The largest absolute Gasteiger partial charge is 0.487 e. The average molecular weight is 745 g/mol. The molecule has 10 nitrogen and oxygen atoms in total. The van der Waals surface area contributed by atoms with Gasteiger partial charge in [-0.1, -0.05) is 53.7 Å². The van der Waals surface area contributed by atoms with Gasteiger partial charge in [-0.15, -0.1) is 5.10 Å². The number of rotatable bonds is 16. The van der Waals surface area contributed by atoms with Crippen LogP contribution >= 0.6 is 0 Å². The fraction of sp³-hybridized carbons (Fsp3) is 0.256. The van der Waals surface area contributed by atoms with Crippen molar-refractivity contribution in [2.24, 2.45) is 0 Å². The molecule has 14 heteroatoms. The Morgan fingerprint density at radius 3 is 2.40 bits per heavy atom. The van der Waals surface area contributed by atoms with E-state index in [1.54, 1.807) is 29.0 Å². The van der Waals surface area contributed by atoms with Gasteiger partial charge in [0.2, 0.25) is 15.9 Å². The first-order valence-corrected chi connectivity index (χ1v) is 18.5. The molecule has 1 N–H and O–H groups in total. The van der Waals surface area contributed by atoms with Crippen molar-refractivity contribution in [1.82, 2.24) is 24.7 Å². The molecular weight excluding hydrogens is 706 g/mol. The molecule has 2 heterocycles. The van der Waals surface area contributed by atoms with Gasteiger partial charge in [0, 0.05) is 62.3 Å². The summed E-state index contributed by atoms with van der Waals surface area (Å²) in [4.78, 5) is 6.56. The van der Waals surface area contributed by atoms with Crippen LogP contribution in [0.25, 0.3) is 22.9 Å². The molecule has 0 unspecified atom stereocenters. The minimum absolute atomic E-state index is 0.199. The van der Waals surface area contributed by atoms with Crippen molar-refractivity contribution < 1.29 is 30.7 Å². The topological polar surface area (TPSA) is 115 Å². The van der Waals surface area contributed by atoms with E-state index < -0.39 is 21.8 Å². The third-order valence-corrected chi connectivity index (χ3v) is 10.0. The highest BCUT2D eigenvalue weighted by atomic mass is 32.2. The summed E-state index contributed by atoms with van der Waals surface area (Å²) in [5.74, 6) is 1.01. The molecule has 0 fully saturated rings. The van der Waals surface area contributed by atoms with Gasteiger partial charge in [0.1, 0.15) is 24.3 Å². The summed E-state index contributed by atoms with van der Waals surface area (Å²) in [6, 6.07) is 23.6. The van der Waals surface area contributed by atoms with Crippen LogP contribution in [0.15, 0.2) is 107 Å². The van der Waals surface area contributed by atoms with Crippen molar-refractivity contribution in [3.8, 4) is 5.75 Å². The fourth-order valence-electron chi connectivity index (χ4n) is 5.77. The molecule has 53 heavy (non-hydrogen) atoms. The first-order chi connectivity index (χ1) is 25.4. The second kappa shape index (κ2) is 16.5. The Hall–Kier alpha value is -5.47. The van der Waals surface area contributed by atoms with Crippen molar-refractivity contribution in [3.05, 3.63) is 131 Å². The number of unbranched alkanes of at least 4 members (excludes halogenated alkanes) is 1. The van der Waals surface area contributed by atoms with Crippen molar-refractivity contribution in [3.63, 3.8) is 0 Å². The molecule has 0 radical (unpaired) electrons. The third-order valence-electron chi connectivity index (χ3n) is 8.53. The van der Waals surface area contributed by atoms with E-state index in [4.69, 9.17) is 9.15 Å². The first-order valence-electron chi connectivity index (χ1n) is 17.0. The van der Waals surface area contributed by atoms with E-state index >= 15 is 0 Å². The van der Waals surface area contributed by atoms with Gasteiger partial charge in [-0.3, -0.25) is 4.68 Å². The number of benzene rings is 4. The number of halogens is 3. The van der Waals surface area contributed by atoms with Gasteiger partial charge >= 0.3 is 6.18 Å². The summed E-state index contributed by atoms with van der Waals surface area (Å²) in [6.07, 6.45) is 5.32. The fourth-order valence-corrected chi connectivity index (χ4v) is 7.02. The van der Waals surface area contributed by atoms with Crippen LogP contribution in [0.2, 0.25) is 0 Å². The molecule has 276 valence electrons. The number of sulfonamides is 1. The Morgan fingerprint density at radius 1 is 0.887 bits per heavy atom. The van der Waals surface area contributed by atoms with Gasteiger partial charge in [-0.05, 0) is 72.9 Å². The summed E-state index contributed by atoms with van der Waals surface area (Å²) in [7, 11) is 0.129. The van der Waals surface area contributed by atoms with E-state index in [1.165, 1.54) is 24.0 Å². The number of nitrogens with zero attached hydrogens (tertiary/aromatic N) is 5. The van der Waals surface area contributed by atoms with Crippen LogP contribution in [0.1, 0.15) is 46.8 Å². The Labute approximate surface area is 306 Å². The zero-order valence-electron chi connectivity index (χ0n) is 29.3. The average Bonchev–Trinajstić information content (AvgIpc) is 3.80. The van der Waals surface area contributed by atoms with Crippen LogP contribution in [0.3, 0.4) is 0 Å². The lowest BCUT2D eigenvalue weighted by atomic mass is 10.1. The first kappa shape index (κ1) is 37.3. The summed E-state index contributed by atoms with van der Waals surface area (Å²) in [5.41, 5.74) is 3.31. The zero-order valence-corrected chi connectivity index (χ0v) is 30.1. The Kier molecular flexibility index (Phi) is 11.6. The molecule has 0 saturated heterocycles. The van der Waals surface area contributed by atoms with Gasteiger partial charge in [0.05, 0.1) is 16.2 Å². The highest BCUT2D eigenvalue weighted by Crippen LogP contribution is 2.31.